The molecule has 0 aromatic heterocycles. The molecule has 0 spiro atoms. The van der Waals surface area contributed by atoms with Gasteiger partial charge >= 0.3 is 0 Å². The molecule has 0 heterocycles. The number of benzene rings is 1. The summed E-state index contributed by atoms with van der Waals surface area (Å²) < 4.78 is 16.6. The van der Waals surface area contributed by atoms with Crippen molar-refractivity contribution in [1.82, 2.24) is 0 Å². The normalized spacial score (nSPS) is 15.6. The molecule has 3 nitrogen and oxygen atoms in total. The van der Waals surface area contributed by atoms with Crippen LogP contribution in [0.1, 0.15) is 38.3 Å². The van der Waals surface area contributed by atoms with Crippen molar-refractivity contribution in [3.8, 4) is 0 Å². The van der Waals surface area contributed by atoms with Crippen LogP contribution in [-0.4, -0.2) is 21.3 Å². The number of rotatable bonds is 4. The summed E-state index contributed by atoms with van der Waals surface area (Å²) in [5.74, 6) is 2.39. The predicted octanol–water partition coefficient (Wildman–Crippen LogP) is 4.81. The lowest BCUT2D eigenvalue weighted by Gasteiger charge is -2.20. The van der Waals surface area contributed by atoms with Crippen molar-refractivity contribution in [2.24, 2.45) is 0 Å². The highest BCUT2D eigenvalue weighted by molar-refractivity contribution is 5.81. The molecule has 124 valence electrons. The minimum absolute atomic E-state index is 0.128. The molecular formula is C20H26O3. The SMILES string of the molecule is COC1=CC(OC)=C(c2ccc(C(C)(C)C)cc2)C(OC)=CC1. The van der Waals surface area contributed by atoms with E-state index >= 15 is 0 Å². The van der Waals surface area contributed by atoms with Crippen LogP contribution in [0, 0.1) is 0 Å². The van der Waals surface area contributed by atoms with Crippen LogP contribution in [0.5, 0.6) is 0 Å². The minimum atomic E-state index is 0.128. The smallest absolute Gasteiger partial charge is 0.133 e. The monoisotopic (exact) mass is 314 g/mol. The van der Waals surface area contributed by atoms with Gasteiger partial charge in [-0.25, -0.2) is 0 Å². The first-order valence-electron chi connectivity index (χ1n) is 7.79. The molecule has 1 aromatic rings. The van der Waals surface area contributed by atoms with E-state index in [4.69, 9.17) is 14.2 Å². The highest BCUT2D eigenvalue weighted by Gasteiger charge is 2.20. The number of methoxy groups -OCH3 is 3. The van der Waals surface area contributed by atoms with E-state index in [1.165, 1.54) is 5.56 Å². The van der Waals surface area contributed by atoms with Gasteiger partial charge in [-0.2, -0.15) is 0 Å². The van der Waals surface area contributed by atoms with E-state index < -0.39 is 0 Å². The largest absolute Gasteiger partial charge is 0.501 e. The summed E-state index contributed by atoms with van der Waals surface area (Å²) in [6.45, 7) is 6.63. The molecule has 0 saturated heterocycles. The Morgan fingerprint density at radius 1 is 0.870 bits per heavy atom. The zero-order chi connectivity index (χ0) is 17.0. The lowest BCUT2D eigenvalue weighted by Crippen LogP contribution is -2.10. The predicted molar refractivity (Wildman–Crippen MR) is 93.9 cm³/mol. The van der Waals surface area contributed by atoms with Crippen LogP contribution >= 0.6 is 0 Å². The Morgan fingerprint density at radius 2 is 1.52 bits per heavy atom. The van der Waals surface area contributed by atoms with E-state index in [0.717, 1.165) is 28.4 Å². The van der Waals surface area contributed by atoms with Crippen LogP contribution in [0.4, 0.5) is 0 Å². The van der Waals surface area contributed by atoms with Crippen LogP contribution in [0.15, 0.2) is 53.7 Å². The molecule has 3 heteroatoms. The van der Waals surface area contributed by atoms with Crippen molar-refractivity contribution in [2.75, 3.05) is 21.3 Å². The second-order valence-corrected chi connectivity index (χ2v) is 6.56. The van der Waals surface area contributed by atoms with Crippen molar-refractivity contribution in [3.05, 3.63) is 64.8 Å². The fourth-order valence-corrected chi connectivity index (χ4v) is 2.60. The highest BCUT2D eigenvalue weighted by atomic mass is 16.5. The molecule has 0 N–H and O–H groups in total. The van der Waals surface area contributed by atoms with Crippen LogP contribution in [0.3, 0.4) is 0 Å². The first kappa shape index (κ1) is 17.2. The van der Waals surface area contributed by atoms with Gasteiger partial charge in [-0.3, -0.25) is 0 Å². The van der Waals surface area contributed by atoms with Gasteiger partial charge in [0.1, 0.15) is 17.3 Å². The molecular weight excluding hydrogens is 288 g/mol. The van der Waals surface area contributed by atoms with E-state index in [9.17, 15) is 0 Å². The maximum absolute atomic E-state index is 5.60. The Kier molecular flexibility index (Phi) is 5.19. The fraction of sp³-hybridized carbons (Fsp3) is 0.400. The van der Waals surface area contributed by atoms with E-state index in [0.29, 0.717) is 6.42 Å². The first-order chi connectivity index (χ1) is 10.9. The summed E-state index contributed by atoms with van der Waals surface area (Å²) in [5, 5.41) is 0. The summed E-state index contributed by atoms with van der Waals surface area (Å²) in [6, 6.07) is 8.56. The Balaban J connectivity index is 2.55. The van der Waals surface area contributed by atoms with E-state index in [2.05, 4.69) is 45.0 Å². The first-order valence-corrected chi connectivity index (χ1v) is 7.79. The number of ether oxygens (including phenoxy) is 3. The molecule has 0 saturated carbocycles. The van der Waals surface area contributed by atoms with E-state index in [1.807, 2.05) is 12.2 Å². The average Bonchev–Trinajstić information content (AvgIpc) is 2.72. The number of hydrogen-bond acceptors (Lipinski definition) is 3. The molecule has 2 rings (SSSR count). The topological polar surface area (TPSA) is 27.7 Å². The second-order valence-electron chi connectivity index (χ2n) is 6.56. The van der Waals surface area contributed by atoms with Gasteiger partial charge in [-0.15, -0.1) is 0 Å². The van der Waals surface area contributed by atoms with Crippen LogP contribution in [0.2, 0.25) is 0 Å². The average molecular weight is 314 g/mol. The summed E-state index contributed by atoms with van der Waals surface area (Å²) in [5.41, 5.74) is 3.44. The Hall–Kier alpha value is -2.16. The zero-order valence-electron chi connectivity index (χ0n) is 14.9. The maximum atomic E-state index is 5.60. The van der Waals surface area contributed by atoms with Crippen molar-refractivity contribution in [1.29, 1.82) is 0 Å². The Morgan fingerprint density at radius 3 is 2.00 bits per heavy atom. The molecule has 0 bridgehead atoms. The molecule has 0 amide bonds. The van der Waals surface area contributed by atoms with Crippen molar-refractivity contribution >= 4 is 5.57 Å². The molecule has 0 fully saturated rings. The van der Waals surface area contributed by atoms with E-state index in [-0.39, 0.29) is 5.41 Å². The Labute approximate surface area is 139 Å². The number of allylic oxidation sites excluding steroid dienone is 3. The summed E-state index contributed by atoms with van der Waals surface area (Å²) >= 11 is 0. The standard InChI is InChI=1S/C20H26O3/c1-20(2,3)15-9-7-14(8-10-15)19-17(22-5)12-11-16(21-4)13-18(19)23-6/h7-10,12-13H,11H2,1-6H3. The fourth-order valence-electron chi connectivity index (χ4n) is 2.60. The lowest BCUT2D eigenvalue weighted by molar-refractivity contribution is 0.272. The van der Waals surface area contributed by atoms with Gasteiger partial charge in [0.15, 0.2) is 0 Å². The molecule has 1 aromatic carbocycles. The highest BCUT2D eigenvalue weighted by Crippen LogP contribution is 2.33. The summed E-state index contributed by atoms with van der Waals surface area (Å²) in [4.78, 5) is 0. The van der Waals surface area contributed by atoms with Crippen LogP contribution < -0.4 is 0 Å². The third-order valence-corrected chi connectivity index (χ3v) is 4.02. The van der Waals surface area contributed by atoms with Crippen molar-refractivity contribution < 1.29 is 14.2 Å². The summed E-state index contributed by atoms with van der Waals surface area (Å²) in [6.07, 6.45) is 4.62. The van der Waals surface area contributed by atoms with Crippen LogP contribution in [0.25, 0.3) is 5.57 Å². The maximum Gasteiger partial charge on any atom is 0.133 e. The van der Waals surface area contributed by atoms with E-state index in [1.54, 1.807) is 21.3 Å². The van der Waals surface area contributed by atoms with Gasteiger partial charge in [0, 0.05) is 12.5 Å². The third-order valence-electron chi connectivity index (χ3n) is 4.02. The lowest BCUT2D eigenvalue weighted by atomic mass is 9.86. The Bertz CT molecular complexity index is 640. The van der Waals surface area contributed by atoms with Gasteiger partial charge in [-0.1, -0.05) is 45.0 Å². The van der Waals surface area contributed by atoms with Gasteiger partial charge in [0.2, 0.25) is 0 Å². The molecule has 0 atom stereocenters. The quantitative estimate of drug-likeness (QED) is 0.798. The minimum Gasteiger partial charge on any atom is -0.501 e. The molecule has 1 aliphatic carbocycles. The molecule has 0 radical (unpaired) electrons. The second kappa shape index (κ2) is 6.95. The van der Waals surface area contributed by atoms with Gasteiger partial charge in [-0.05, 0) is 22.6 Å². The molecule has 23 heavy (non-hydrogen) atoms. The number of hydrogen-bond donors (Lipinski definition) is 0. The van der Waals surface area contributed by atoms with Crippen molar-refractivity contribution in [2.45, 2.75) is 32.6 Å². The van der Waals surface area contributed by atoms with Crippen LogP contribution in [-0.2, 0) is 19.6 Å². The zero-order valence-corrected chi connectivity index (χ0v) is 14.9. The molecule has 0 aliphatic heterocycles. The van der Waals surface area contributed by atoms with Gasteiger partial charge in [0.05, 0.1) is 26.9 Å². The third kappa shape index (κ3) is 3.79. The van der Waals surface area contributed by atoms with Gasteiger partial charge < -0.3 is 14.2 Å². The summed E-state index contributed by atoms with van der Waals surface area (Å²) in [7, 11) is 5.02. The molecule has 0 unspecified atom stereocenters. The van der Waals surface area contributed by atoms with Crippen molar-refractivity contribution in [3.63, 3.8) is 0 Å². The van der Waals surface area contributed by atoms with Gasteiger partial charge in [0.25, 0.3) is 0 Å². The molecule has 1 aliphatic rings.